The predicted octanol–water partition coefficient (Wildman–Crippen LogP) is 3.25. The molecule has 0 aromatic heterocycles. The number of hydrazone groups is 1. The Hall–Kier alpha value is -2.90. The van der Waals surface area contributed by atoms with Crippen LogP contribution in [-0.2, 0) is 9.53 Å². The lowest BCUT2D eigenvalue weighted by atomic mass is 9.89. The number of benzene rings is 2. The second kappa shape index (κ2) is 9.30. The number of fused-ring (bicyclic) bond motifs is 3. The van der Waals surface area contributed by atoms with E-state index in [4.69, 9.17) is 19.3 Å². The zero-order chi connectivity index (χ0) is 21.9. The molecule has 1 unspecified atom stereocenters. The predicted molar refractivity (Wildman–Crippen MR) is 123 cm³/mol. The Labute approximate surface area is 188 Å². The van der Waals surface area contributed by atoms with Crippen molar-refractivity contribution >= 4 is 17.3 Å². The maximum atomic E-state index is 12.8. The first-order valence-corrected chi connectivity index (χ1v) is 11.4. The fourth-order valence-electron chi connectivity index (χ4n) is 4.40. The average Bonchev–Trinajstić information content (AvgIpc) is 2.82. The molecule has 2 aromatic rings. The first kappa shape index (κ1) is 21.0. The molecule has 0 radical (unpaired) electrons. The van der Waals surface area contributed by atoms with Gasteiger partial charge in [-0.25, -0.2) is 5.01 Å². The van der Waals surface area contributed by atoms with Crippen molar-refractivity contribution in [2.45, 2.75) is 19.8 Å². The van der Waals surface area contributed by atoms with Gasteiger partial charge in [0, 0.05) is 37.5 Å². The lowest BCUT2D eigenvalue weighted by molar-refractivity contribution is -0.119. The van der Waals surface area contributed by atoms with Gasteiger partial charge < -0.3 is 14.2 Å². The van der Waals surface area contributed by atoms with Crippen molar-refractivity contribution in [3.8, 4) is 11.5 Å². The van der Waals surface area contributed by atoms with Gasteiger partial charge in [-0.1, -0.05) is 11.6 Å². The second-order valence-electron chi connectivity index (χ2n) is 8.55. The average molecular weight is 436 g/mol. The molecule has 1 amide bonds. The Morgan fingerprint density at radius 3 is 2.75 bits per heavy atom. The summed E-state index contributed by atoms with van der Waals surface area (Å²) < 4.78 is 17.1. The number of rotatable bonds is 6. The highest BCUT2D eigenvalue weighted by atomic mass is 16.5. The molecule has 168 valence electrons. The molecule has 5 rings (SSSR count). The number of carbonyl (C=O) groups is 1. The number of anilines is 1. The third-order valence-corrected chi connectivity index (χ3v) is 6.18. The normalized spacial score (nSPS) is 20.8. The van der Waals surface area contributed by atoms with Crippen LogP contribution in [0.2, 0.25) is 0 Å². The number of aryl methyl sites for hydroxylation is 1. The first-order valence-electron chi connectivity index (χ1n) is 11.4. The highest BCUT2D eigenvalue weighted by Crippen LogP contribution is 2.34. The molecule has 3 aliphatic heterocycles. The SMILES string of the molecule is Cc1ccc2c(c1)C1=NN(c3ccc(OCCCN4CCOCC4)cc3)C(=O)CC1CO2. The van der Waals surface area contributed by atoms with Gasteiger partial charge in [0.05, 0.1) is 37.8 Å². The summed E-state index contributed by atoms with van der Waals surface area (Å²) in [6.07, 6.45) is 1.37. The van der Waals surface area contributed by atoms with Crippen molar-refractivity contribution in [1.29, 1.82) is 0 Å². The Bertz CT molecular complexity index is 999. The van der Waals surface area contributed by atoms with Gasteiger partial charge in [-0.15, -0.1) is 0 Å². The van der Waals surface area contributed by atoms with Crippen LogP contribution in [0.3, 0.4) is 0 Å². The van der Waals surface area contributed by atoms with Gasteiger partial charge in [-0.3, -0.25) is 9.69 Å². The van der Waals surface area contributed by atoms with E-state index in [1.807, 2.05) is 36.4 Å². The Morgan fingerprint density at radius 2 is 1.94 bits per heavy atom. The Morgan fingerprint density at radius 1 is 1.12 bits per heavy atom. The molecule has 7 nitrogen and oxygen atoms in total. The van der Waals surface area contributed by atoms with Gasteiger partial charge in [-0.2, -0.15) is 5.10 Å². The second-order valence-corrected chi connectivity index (χ2v) is 8.55. The molecule has 0 aliphatic carbocycles. The van der Waals surface area contributed by atoms with E-state index in [9.17, 15) is 4.79 Å². The molecular formula is C25H29N3O4. The summed E-state index contributed by atoms with van der Waals surface area (Å²) in [6, 6.07) is 13.7. The summed E-state index contributed by atoms with van der Waals surface area (Å²) in [5, 5.41) is 6.28. The molecule has 3 aliphatic rings. The van der Waals surface area contributed by atoms with Crippen LogP contribution in [0.5, 0.6) is 11.5 Å². The Balaban J connectivity index is 1.24. The summed E-state index contributed by atoms with van der Waals surface area (Å²) in [5.41, 5.74) is 3.81. The number of hydrogen-bond acceptors (Lipinski definition) is 6. The van der Waals surface area contributed by atoms with E-state index in [1.165, 1.54) is 5.01 Å². The molecule has 0 spiro atoms. The highest BCUT2D eigenvalue weighted by molar-refractivity contribution is 6.12. The number of ether oxygens (including phenoxy) is 3. The van der Waals surface area contributed by atoms with Crippen molar-refractivity contribution in [3.05, 3.63) is 53.6 Å². The van der Waals surface area contributed by atoms with E-state index < -0.39 is 0 Å². The highest BCUT2D eigenvalue weighted by Gasteiger charge is 2.35. The molecule has 1 atom stereocenters. The molecule has 1 fully saturated rings. The van der Waals surface area contributed by atoms with Gasteiger partial charge in [0.15, 0.2) is 0 Å². The molecule has 1 saturated heterocycles. The molecule has 0 bridgehead atoms. The molecule has 7 heteroatoms. The zero-order valence-electron chi connectivity index (χ0n) is 18.5. The zero-order valence-corrected chi connectivity index (χ0v) is 18.5. The fourth-order valence-corrected chi connectivity index (χ4v) is 4.40. The van der Waals surface area contributed by atoms with Crippen LogP contribution in [0.1, 0.15) is 24.0 Å². The summed E-state index contributed by atoms with van der Waals surface area (Å²) in [5.74, 6) is 1.62. The van der Waals surface area contributed by atoms with Gasteiger partial charge >= 0.3 is 0 Å². The van der Waals surface area contributed by atoms with Gasteiger partial charge in [0.2, 0.25) is 5.91 Å². The molecular weight excluding hydrogens is 406 g/mol. The standard InChI is InChI=1S/C25H29N3O4/c1-18-3-8-23-22(15-18)25-19(17-32-23)16-24(29)28(26-25)20-4-6-21(7-5-20)31-12-2-9-27-10-13-30-14-11-27/h3-8,15,19H,2,9-14,16-17H2,1H3. The minimum atomic E-state index is -0.0161. The van der Waals surface area contributed by atoms with Crippen LogP contribution in [0.25, 0.3) is 0 Å². The minimum Gasteiger partial charge on any atom is -0.494 e. The van der Waals surface area contributed by atoms with Crippen LogP contribution in [0, 0.1) is 12.8 Å². The molecule has 2 aromatic carbocycles. The van der Waals surface area contributed by atoms with E-state index in [0.29, 0.717) is 19.6 Å². The smallest absolute Gasteiger partial charge is 0.248 e. The Kier molecular flexibility index (Phi) is 6.10. The maximum Gasteiger partial charge on any atom is 0.248 e. The third kappa shape index (κ3) is 4.49. The lowest BCUT2D eigenvalue weighted by Gasteiger charge is -2.33. The minimum absolute atomic E-state index is 0.00197. The monoisotopic (exact) mass is 435 g/mol. The summed E-state index contributed by atoms with van der Waals surface area (Å²) >= 11 is 0. The summed E-state index contributed by atoms with van der Waals surface area (Å²) in [4.78, 5) is 15.2. The lowest BCUT2D eigenvalue weighted by Crippen LogP contribution is -2.41. The maximum absolute atomic E-state index is 12.8. The van der Waals surface area contributed by atoms with Gasteiger partial charge in [0.1, 0.15) is 11.5 Å². The van der Waals surface area contributed by atoms with Crippen LogP contribution in [0.4, 0.5) is 5.69 Å². The van der Waals surface area contributed by atoms with E-state index in [2.05, 4.69) is 17.9 Å². The first-order chi connectivity index (χ1) is 15.7. The van der Waals surface area contributed by atoms with E-state index in [1.54, 1.807) is 0 Å². The molecule has 3 heterocycles. The van der Waals surface area contributed by atoms with Crippen molar-refractivity contribution < 1.29 is 19.0 Å². The number of carbonyl (C=O) groups excluding carboxylic acids is 1. The largest absolute Gasteiger partial charge is 0.494 e. The van der Waals surface area contributed by atoms with E-state index >= 15 is 0 Å². The number of amides is 1. The number of morpholine rings is 1. The van der Waals surface area contributed by atoms with Gasteiger partial charge in [0.25, 0.3) is 0 Å². The van der Waals surface area contributed by atoms with Crippen molar-refractivity contribution in [3.63, 3.8) is 0 Å². The number of hydrogen-bond donors (Lipinski definition) is 0. The van der Waals surface area contributed by atoms with Crippen LogP contribution in [-0.4, -0.2) is 62.6 Å². The van der Waals surface area contributed by atoms with Crippen molar-refractivity contribution in [2.75, 3.05) is 51.1 Å². The van der Waals surface area contributed by atoms with Crippen LogP contribution < -0.4 is 14.5 Å². The van der Waals surface area contributed by atoms with E-state index in [0.717, 1.165) is 73.3 Å². The fraction of sp³-hybridized carbons (Fsp3) is 0.440. The quantitative estimate of drug-likeness (QED) is 0.652. The van der Waals surface area contributed by atoms with Gasteiger partial charge in [-0.05, 0) is 49.7 Å². The number of nitrogens with zero attached hydrogens (tertiary/aromatic N) is 3. The van der Waals surface area contributed by atoms with Crippen LogP contribution in [0.15, 0.2) is 47.6 Å². The van der Waals surface area contributed by atoms with E-state index in [-0.39, 0.29) is 11.8 Å². The van der Waals surface area contributed by atoms with Crippen LogP contribution >= 0.6 is 0 Å². The summed E-state index contributed by atoms with van der Waals surface area (Å²) in [7, 11) is 0. The summed E-state index contributed by atoms with van der Waals surface area (Å²) in [6.45, 7) is 7.87. The van der Waals surface area contributed by atoms with Crippen molar-refractivity contribution in [2.24, 2.45) is 11.0 Å². The molecule has 32 heavy (non-hydrogen) atoms. The third-order valence-electron chi connectivity index (χ3n) is 6.18. The topological polar surface area (TPSA) is 63.6 Å². The van der Waals surface area contributed by atoms with Crippen molar-refractivity contribution in [1.82, 2.24) is 4.90 Å². The molecule has 0 saturated carbocycles. The molecule has 0 N–H and O–H groups in total.